The summed E-state index contributed by atoms with van der Waals surface area (Å²) in [5.41, 5.74) is 0.0456. The third-order valence-electron chi connectivity index (χ3n) is 5.08. The van der Waals surface area contributed by atoms with Crippen molar-refractivity contribution in [1.29, 1.82) is 0 Å². The first-order valence-electron chi connectivity index (χ1n) is 10.2. The third-order valence-corrected chi connectivity index (χ3v) is 6.11. The number of morpholine rings is 1. The predicted octanol–water partition coefficient (Wildman–Crippen LogP) is 3.33. The third kappa shape index (κ3) is 5.32. The lowest BCUT2D eigenvalue weighted by molar-refractivity contribution is -0.120. The van der Waals surface area contributed by atoms with Crippen LogP contribution in [0, 0.1) is 11.6 Å². The van der Waals surface area contributed by atoms with Crippen molar-refractivity contribution in [2.24, 2.45) is 0 Å². The van der Waals surface area contributed by atoms with E-state index in [1.54, 1.807) is 31.4 Å². The topological polar surface area (TPSA) is 64.1 Å². The molecule has 1 aromatic heterocycles. The molecule has 3 aromatic rings. The summed E-state index contributed by atoms with van der Waals surface area (Å²) in [5, 5.41) is 0.303. The Morgan fingerprint density at radius 2 is 2.00 bits per heavy atom. The minimum absolute atomic E-state index is 0.0456. The highest BCUT2D eigenvalue weighted by Gasteiger charge is 2.23. The monoisotopic (exact) mass is 463 g/mol. The Kier molecular flexibility index (Phi) is 7.13. The summed E-state index contributed by atoms with van der Waals surface area (Å²) in [6, 6.07) is 8.96. The summed E-state index contributed by atoms with van der Waals surface area (Å²) in [5.74, 6) is -0.666. The molecule has 0 spiro atoms. The van der Waals surface area contributed by atoms with Crippen molar-refractivity contribution < 1.29 is 27.8 Å². The zero-order valence-electron chi connectivity index (χ0n) is 17.6. The van der Waals surface area contributed by atoms with Gasteiger partial charge in [-0.2, -0.15) is 0 Å². The first kappa shape index (κ1) is 22.4. The molecule has 0 saturated carbocycles. The molecule has 0 bridgehead atoms. The molecule has 1 aliphatic heterocycles. The second-order valence-corrected chi connectivity index (χ2v) is 8.21. The number of carbonyl (C=O) groups excluding carboxylic acids is 1. The maximum atomic E-state index is 14.2. The van der Waals surface area contributed by atoms with Gasteiger partial charge in [0.05, 0.1) is 25.0 Å². The van der Waals surface area contributed by atoms with Crippen LogP contribution in [0.3, 0.4) is 0 Å². The van der Waals surface area contributed by atoms with Gasteiger partial charge in [0.15, 0.2) is 17.6 Å². The van der Waals surface area contributed by atoms with Gasteiger partial charge in [-0.1, -0.05) is 17.4 Å². The maximum absolute atomic E-state index is 14.2. The normalized spacial score (nSPS) is 14.5. The standard InChI is InChI=1S/C22H23F2N3O4S/c1-29-16-3-2-4-17(13-16)31-14-20(28)27(6-5-26-7-9-30-10-8-26)22-25-21-18(24)11-15(23)12-19(21)32-22/h2-4,11-13H,5-10,14H2,1H3. The van der Waals surface area contributed by atoms with Crippen molar-refractivity contribution in [3.8, 4) is 11.5 Å². The largest absolute Gasteiger partial charge is 0.497 e. The number of hydrogen-bond donors (Lipinski definition) is 0. The summed E-state index contributed by atoms with van der Waals surface area (Å²) in [6.45, 7) is 3.51. The predicted molar refractivity (Wildman–Crippen MR) is 118 cm³/mol. The first-order valence-corrected chi connectivity index (χ1v) is 11.0. The number of hydrogen-bond acceptors (Lipinski definition) is 7. The number of benzene rings is 2. The number of amides is 1. The smallest absolute Gasteiger partial charge is 0.266 e. The maximum Gasteiger partial charge on any atom is 0.266 e. The van der Waals surface area contributed by atoms with Crippen molar-refractivity contribution in [2.45, 2.75) is 0 Å². The zero-order chi connectivity index (χ0) is 22.5. The highest BCUT2D eigenvalue weighted by Crippen LogP contribution is 2.31. The van der Waals surface area contributed by atoms with Crippen LogP contribution in [0.25, 0.3) is 10.2 Å². The van der Waals surface area contributed by atoms with Gasteiger partial charge in [0.25, 0.3) is 5.91 Å². The van der Waals surface area contributed by atoms with E-state index in [1.807, 2.05) is 0 Å². The minimum atomic E-state index is -0.754. The molecule has 2 heterocycles. The number of ether oxygens (including phenoxy) is 3. The van der Waals surface area contributed by atoms with Crippen LogP contribution in [0.5, 0.6) is 11.5 Å². The Labute approximate surface area is 188 Å². The van der Waals surface area contributed by atoms with Gasteiger partial charge in [0, 0.05) is 38.3 Å². The number of methoxy groups -OCH3 is 1. The van der Waals surface area contributed by atoms with E-state index in [-0.39, 0.29) is 18.0 Å². The highest BCUT2D eigenvalue weighted by molar-refractivity contribution is 7.22. The van der Waals surface area contributed by atoms with E-state index in [4.69, 9.17) is 14.2 Å². The molecule has 2 aromatic carbocycles. The Hall–Kier alpha value is -2.82. The number of nitrogens with zero attached hydrogens (tertiary/aromatic N) is 3. The number of aromatic nitrogens is 1. The number of thiazole rings is 1. The Bertz CT molecular complexity index is 1090. The van der Waals surface area contributed by atoms with Crippen LogP contribution >= 0.6 is 11.3 Å². The van der Waals surface area contributed by atoms with E-state index >= 15 is 0 Å². The molecule has 0 unspecified atom stereocenters. The molecule has 1 aliphatic rings. The number of anilines is 1. The Morgan fingerprint density at radius 3 is 2.78 bits per heavy atom. The molecule has 1 fully saturated rings. The fraction of sp³-hybridized carbons (Fsp3) is 0.364. The summed E-state index contributed by atoms with van der Waals surface area (Å²) >= 11 is 1.07. The van der Waals surface area contributed by atoms with Gasteiger partial charge in [0.2, 0.25) is 0 Å². The quantitative estimate of drug-likeness (QED) is 0.511. The van der Waals surface area contributed by atoms with E-state index in [1.165, 1.54) is 11.0 Å². The lowest BCUT2D eigenvalue weighted by atomic mass is 10.3. The number of rotatable bonds is 8. The summed E-state index contributed by atoms with van der Waals surface area (Å²) in [7, 11) is 1.55. The number of carbonyl (C=O) groups is 1. The van der Waals surface area contributed by atoms with Gasteiger partial charge in [-0.05, 0) is 18.2 Å². The Morgan fingerprint density at radius 1 is 1.22 bits per heavy atom. The van der Waals surface area contributed by atoms with Gasteiger partial charge in [-0.15, -0.1) is 0 Å². The number of fused-ring (bicyclic) bond motifs is 1. The number of halogens is 2. The van der Waals surface area contributed by atoms with Crippen LogP contribution in [-0.4, -0.2) is 68.9 Å². The van der Waals surface area contributed by atoms with Crippen molar-refractivity contribution in [3.05, 3.63) is 48.0 Å². The summed E-state index contributed by atoms with van der Waals surface area (Å²) in [4.78, 5) is 21.0. The Balaban J connectivity index is 1.53. The van der Waals surface area contributed by atoms with Crippen molar-refractivity contribution in [1.82, 2.24) is 9.88 Å². The molecule has 1 saturated heterocycles. The molecular weight excluding hydrogens is 440 g/mol. The van der Waals surface area contributed by atoms with Crippen LogP contribution in [0.1, 0.15) is 0 Å². The van der Waals surface area contributed by atoms with E-state index < -0.39 is 11.6 Å². The van der Waals surface area contributed by atoms with E-state index in [0.717, 1.165) is 30.5 Å². The van der Waals surface area contributed by atoms with Crippen LogP contribution in [0.15, 0.2) is 36.4 Å². The minimum Gasteiger partial charge on any atom is -0.497 e. The van der Waals surface area contributed by atoms with E-state index in [0.29, 0.717) is 47.6 Å². The second kappa shape index (κ2) is 10.2. The molecular formula is C22H23F2N3O4S. The van der Waals surface area contributed by atoms with Gasteiger partial charge in [-0.3, -0.25) is 14.6 Å². The molecule has 0 N–H and O–H groups in total. The van der Waals surface area contributed by atoms with Gasteiger partial charge >= 0.3 is 0 Å². The van der Waals surface area contributed by atoms with Crippen molar-refractivity contribution >= 4 is 32.6 Å². The average molecular weight is 464 g/mol. The molecule has 1 amide bonds. The van der Waals surface area contributed by atoms with E-state index in [2.05, 4.69) is 9.88 Å². The fourth-order valence-corrected chi connectivity index (χ4v) is 4.42. The van der Waals surface area contributed by atoms with Gasteiger partial charge in [0.1, 0.15) is 22.8 Å². The zero-order valence-corrected chi connectivity index (χ0v) is 18.4. The second-order valence-electron chi connectivity index (χ2n) is 7.20. The van der Waals surface area contributed by atoms with Gasteiger partial charge in [-0.25, -0.2) is 13.8 Å². The van der Waals surface area contributed by atoms with Crippen LogP contribution < -0.4 is 14.4 Å². The first-order chi connectivity index (χ1) is 15.5. The van der Waals surface area contributed by atoms with Crippen LogP contribution in [0.2, 0.25) is 0 Å². The fourth-order valence-electron chi connectivity index (χ4n) is 3.37. The SMILES string of the molecule is COc1cccc(OCC(=O)N(CCN2CCOCC2)c2nc3c(F)cc(F)cc3s2)c1. The molecule has 4 rings (SSSR count). The average Bonchev–Trinajstić information content (AvgIpc) is 3.22. The van der Waals surface area contributed by atoms with Crippen molar-refractivity contribution in [2.75, 3.05) is 58.0 Å². The molecule has 0 atom stereocenters. The van der Waals surface area contributed by atoms with E-state index in [9.17, 15) is 13.6 Å². The molecule has 7 nitrogen and oxygen atoms in total. The molecule has 0 aliphatic carbocycles. The molecule has 170 valence electrons. The summed E-state index contributed by atoms with van der Waals surface area (Å²) < 4.78 is 44.4. The molecule has 32 heavy (non-hydrogen) atoms. The van der Waals surface area contributed by atoms with Crippen LogP contribution in [-0.2, 0) is 9.53 Å². The summed E-state index contributed by atoms with van der Waals surface area (Å²) in [6.07, 6.45) is 0. The van der Waals surface area contributed by atoms with Crippen LogP contribution in [0.4, 0.5) is 13.9 Å². The van der Waals surface area contributed by atoms with Gasteiger partial charge < -0.3 is 14.2 Å². The lowest BCUT2D eigenvalue weighted by Crippen LogP contribution is -2.44. The highest BCUT2D eigenvalue weighted by atomic mass is 32.1. The lowest BCUT2D eigenvalue weighted by Gasteiger charge is -2.29. The molecule has 10 heteroatoms. The molecule has 0 radical (unpaired) electrons. The van der Waals surface area contributed by atoms with Crippen molar-refractivity contribution in [3.63, 3.8) is 0 Å².